The molecule has 0 aliphatic carbocycles. The van der Waals surface area contributed by atoms with Gasteiger partial charge in [0.1, 0.15) is 0 Å². The molecule has 0 unspecified atom stereocenters. The number of halogens is 3. The van der Waals surface area contributed by atoms with Crippen molar-refractivity contribution in [2.24, 2.45) is 5.92 Å². The summed E-state index contributed by atoms with van der Waals surface area (Å²) in [5.41, 5.74) is 5.59. The number of carboxylic acids is 1. The summed E-state index contributed by atoms with van der Waals surface area (Å²) >= 11 is 18.6. The number of thioether (sulfide) groups is 1. The Hall–Kier alpha value is -3.08. The number of aromatic carboxylic acids is 1. The molecule has 0 bridgehead atoms. The molecule has 11 heteroatoms. The van der Waals surface area contributed by atoms with Crippen LogP contribution in [0.15, 0.2) is 102 Å². The average Bonchev–Trinajstić information content (AvgIpc) is 3.06. The summed E-state index contributed by atoms with van der Waals surface area (Å²) in [5, 5.41) is 21.4. The summed E-state index contributed by atoms with van der Waals surface area (Å²) in [6.45, 7) is 2.26. The molecule has 1 fully saturated rings. The number of alkyl halides is 3. The van der Waals surface area contributed by atoms with Crippen molar-refractivity contribution in [2.75, 3.05) is 5.75 Å². The molecule has 0 spiro atoms. The Morgan fingerprint density at radius 3 is 2.17 bits per heavy atom. The maximum atomic E-state index is 12.0. The first-order valence-electron chi connectivity index (χ1n) is 14.5. The first-order chi connectivity index (χ1) is 22.0. The van der Waals surface area contributed by atoms with Gasteiger partial charge in [-0.05, 0) is 64.2 Å². The van der Waals surface area contributed by atoms with Crippen molar-refractivity contribution in [1.29, 1.82) is 0 Å². The number of ether oxygens (including phenoxy) is 2. The Kier molecular flexibility index (Phi) is 11.3. The highest BCUT2D eigenvalue weighted by Gasteiger charge is 2.38. The zero-order valence-electron chi connectivity index (χ0n) is 24.7. The van der Waals surface area contributed by atoms with E-state index in [1.165, 1.54) is 0 Å². The van der Waals surface area contributed by atoms with Crippen molar-refractivity contribution in [3.8, 4) is 11.1 Å². The van der Waals surface area contributed by atoms with Gasteiger partial charge in [0.2, 0.25) is 0 Å². The zero-order chi connectivity index (χ0) is 32.8. The van der Waals surface area contributed by atoms with Crippen LogP contribution in [-0.4, -0.2) is 37.7 Å². The van der Waals surface area contributed by atoms with E-state index < -0.39 is 22.0 Å². The number of carbonyl (C=O) groups is 2. The van der Waals surface area contributed by atoms with Crippen LogP contribution in [-0.2, 0) is 27.4 Å². The van der Waals surface area contributed by atoms with Crippen LogP contribution in [0.25, 0.3) is 11.1 Å². The Morgan fingerprint density at radius 1 is 0.848 bits per heavy atom. The van der Waals surface area contributed by atoms with Crippen LogP contribution in [0.4, 0.5) is 0 Å². The number of benzene rings is 4. The quantitative estimate of drug-likeness (QED) is 0.113. The van der Waals surface area contributed by atoms with Gasteiger partial charge in [0.25, 0.3) is 9.70 Å². The molecule has 3 N–H and O–H groups in total. The lowest BCUT2D eigenvalue weighted by Gasteiger charge is -2.41. The Morgan fingerprint density at radius 2 is 1.52 bits per heavy atom. The highest BCUT2D eigenvalue weighted by atomic mass is 35.6. The molecule has 1 aliphatic rings. The van der Waals surface area contributed by atoms with Gasteiger partial charge in [0, 0.05) is 28.7 Å². The van der Waals surface area contributed by atoms with Crippen LogP contribution >= 0.6 is 46.6 Å². The van der Waals surface area contributed by atoms with E-state index in [1.807, 2.05) is 72.8 Å². The number of hydrogen-bond donors (Lipinski definition) is 3. The number of carboxylic acid groups (broad SMARTS) is 1. The van der Waals surface area contributed by atoms with Gasteiger partial charge >= 0.3 is 5.97 Å². The smallest absolute Gasteiger partial charge is 0.335 e. The highest BCUT2D eigenvalue weighted by molar-refractivity contribution is 7.99. The highest BCUT2D eigenvalue weighted by Crippen LogP contribution is 2.43. The fourth-order valence-corrected chi connectivity index (χ4v) is 6.46. The van der Waals surface area contributed by atoms with Gasteiger partial charge in [-0.3, -0.25) is 4.79 Å². The number of aliphatic hydroxyl groups excluding tert-OH is 1. The van der Waals surface area contributed by atoms with Crippen LogP contribution in [0.2, 0.25) is 0 Å². The molecule has 4 atom stereocenters. The standard InChI is InChI=1S/C35H32Cl3NO6S/c1-21-30(20-46-29-14-12-25(13-15-29)32(41)42)44-33(45-31(21)24-10-8-22(19-40)9-11-24)28-7-3-6-27(17-28)26-5-2-4-23(16-26)18-39-34(43)35(36,37)38/h2-17,21,30-31,33,40H,18-20H2,1H3,(H,39,43)(H,41,42)/t21-,30+,31+,33+/m0/s1. The number of nitrogens with one attached hydrogen (secondary N) is 1. The molecule has 7 nitrogen and oxygen atoms in total. The largest absolute Gasteiger partial charge is 0.478 e. The fraction of sp³-hybridized carbons (Fsp3) is 0.257. The van der Waals surface area contributed by atoms with Crippen LogP contribution in [0, 0.1) is 5.92 Å². The van der Waals surface area contributed by atoms with E-state index >= 15 is 0 Å². The Labute approximate surface area is 286 Å². The van der Waals surface area contributed by atoms with Gasteiger partial charge in [-0.2, -0.15) is 0 Å². The van der Waals surface area contributed by atoms with Gasteiger partial charge in [-0.25, -0.2) is 4.79 Å². The van der Waals surface area contributed by atoms with Crippen LogP contribution in [0.3, 0.4) is 0 Å². The van der Waals surface area contributed by atoms with Gasteiger partial charge in [0.05, 0.1) is 24.4 Å². The molecule has 1 heterocycles. The molecule has 0 saturated carbocycles. The summed E-state index contributed by atoms with van der Waals surface area (Å²) in [4.78, 5) is 24.2. The molecule has 4 aromatic carbocycles. The second-order valence-electron chi connectivity index (χ2n) is 11.0. The van der Waals surface area contributed by atoms with E-state index in [0.717, 1.165) is 38.3 Å². The van der Waals surface area contributed by atoms with Gasteiger partial charge in [0.15, 0.2) is 6.29 Å². The maximum Gasteiger partial charge on any atom is 0.335 e. The lowest BCUT2D eigenvalue weighted by molar-refractivity contribution is -0.268. The summed E-state index contributed by atoms with van der Waals surface area (Å²) < 4.78 is 11.2. The van der Waals surface area contributed by atoms with Crippen LogP contribution in [0.5, 0.6) is 0 Å². The molecule has 1 amide bonds. The summed E-state index contributed by atoms with van der Waals surface area (Å²) in [5.74, 6) is -1.04. The van der Waals surface area contributed by atoms with Crippen LogP contribution < -0.4 is 5.32 Å². The second kappa shape index (κ2) is 15.2. The van der Waals surface area contributed by atoms with E-state index in [2.05, 4.69) is 12.2 Å². The van der Waals surface area contributed by atoms with E-state index in [-0.39, 0.29) is 36.8 Å². The monoisotopic (exact) mass is 699 g/mol. The molecular formula is C35H32Cl3NO6S. The third-order valence-corrected chi connectivity index (χ3v) is 9.38. The molecule has 240 valence electrons. The fourth-order valence-electron chi connectivity index (χ4n) is 5.19. The molecule has 1 saturated heterocycles. The molecule has 5 rings (SSSR count). The third-order valence-electron chi connectivity index (χ3n) is 7.77. The molecule has 46 heavy (non-hydrogen) atoms. The topological polar surface area (TPSA) is 105 Å². The van der Waals surface area contributed by atoms with Crippen molar-refractivity contribution in [3.63, 3.8) is 0 Å². The van der Waals surface area contributed by atoms with E-state index in [0.29, 0.717) is 5.75 Å². The van der Waals surface area contributed by atoms with Crippen molar-refractivity contribution < 1.29 is 29.3 Å². The molecule has 4 aromatic rings. The number of rotatable bonds is 10. The van der Waals surface area contributed by atoms with E-state index in [9.17, 15) is 19.8 Å². The van der Waals surface area contributed by atoms with Crippen LogP contribution in [0.1, 0.15) is 51.9 Å². The predicted molar refractivity (Wildman–Crippen MR) is 181 cm³/mol. The minimum absolute atomic E-state index is 0.00945. The average molecular weight is 701 g/mol. The maximum absolute atomic E-state index is 12.0. The number of hydrogen-bond acceptors (Lipinski definition) is 6. The minimum Gasteiger partial charge on any atom is -0.478 e. The summed E-state index contributed by atoms with van der Waals surface area (Å²) in [6, 6.07) is 30.2. The molecule has 1 aliphatic heterocycles. The van der Waals surface area contributed by atoms with Gasteiger partial charge in [-0.1, -0.05) is 102 Å². The molecule has 0 radical (unpaired) electrons. The van der Waals surface area contributed by atoms with Crippen molar-refractivity contribution >= 4 is 58.4 Å². The summed E-state index contributed by atoms with van der Waals surface area (Å²) in [6.07, 6.45) is -1.13. The van der Waals surface area contributed by atoms with Gasteiger partial charge < -0.3 is 25.0 Å². The van der Waals surface area contributed by atoms with Crippen molar-refractivity contribution in [3.05, 3.63) is 125 Å². The number of aliphatic hydroxyl groups is 1. The zero-order valence-corrected chi connectivity index (χ0v) is 27.8. The third kappa shape index (κ3) is 8.63. The minimum atomic E-state index is -2.04. The predicted octanol–water partition coefficient (Wildman–Crippen LogP) is 8.11. The first-order valence-corrected chi connectivity index (χ1v) is 16.6. The summed E-state index contributed by atoms with van der Waals surface area (Å²) in [7, 11) is 0. The van der Waals surface area contributed by atoms with E-state index in [4.69, 9.17) is 44.3 Å². The SMILES string of the molecule is C[C@H]1[C@@H](CSc2ccc(C(=O)O)cc2)O[C@@H](c2cccc(-c3cccc(CNC(=O)C(Cl)(Cl)Cl)c3)c2)O[C@H]1c1ccc(CO)cc1. The Bertz CT molecular complexity index is 1660. The first kappa shape index (κ1) is 34.3. The van der Waals surface area contributed by atoms with E-state index in [1.54, 1.807) is 36.0 Å². The normalized spacial score (nSPS) is 19.8. The lowest BCUT2D eigenvalue weighted by atomic mass is 9.91. The second-order valence-corrected chi connectivity index (χ2v) is 14.3. The molecule has 0 aromatic heterocycles. The number of carbonyl (C=O) groups excluding carboxylic acids is 1. The lowest BCUT2D eigenvalue weighted by Crippen LogP contribution is -2.38. The number of amides is 1. The van der Waals surface area contributed by atoms with Crippen molar-refractivity contribution in [1.82, 2.24) is 5.32 Å². The van der Waals surface area contributed by atoms with Crippen molar-refractivity contribution in [2.45, 2.75) is 47.3 Å². The molecular weight excluding hydrogens is 669 g/mol. The van der Waals surface area contributed by atoms with Gasteiger partial charge in [-0.15, -0.1) is 11.8 Å². The Balaban J connectivity index is 1.38.